The Labute approximate surface area is 124 Å². The molecule has 5 heteroatoms. The standard InChI is InChI=1S/C16H19N3O2/c1-20-13-7-5-12(6-8-13)14-4-3-11-19(14)16-17-10-9-15(18-16)21-2/h5-10,14H,3-4,11H2,1-2H3/t14-/m0/s1. The maximum Gasteiger partial charge on any atom is 0.229 e. The van der Waals surface area contributed by atoms with Crippen molar-refractivity contribution >= 4 is 5.95 Å². The highest BCUT2D eigenvalue weighted by molar-refractivity contribution is 5.40. The second-order valence-electron chi connectivity index (χ2n) is 5.02. The Morgan fingerprint density at radius 1 is 1.10 bits per heavy atom. The van der Waals surface area contributed by atoms with Crippen LogP contribution in [-0.2, 0) is 0 Å². The van der Waals surface area contributed by atoms with E-state index in [0.717, 1.165) is 31.1 Å². The fourth-order valence-corrected chi connectivity index (χ4v) is 2.76. The van der Waals surface area contributed by atoms with Crippen LogP contribution in [0.1, 0.15) is 24.4 Å². The Bertz CT molecular complexity index is 601. The number of hydrogen-bond donors (Lipinski definition) is 0. The number of ether oxygens (including phenoxy) is 2. The highest BCUT2D eigenvalue weighted by Gasteiger charge is 2.28. The Kier molecular flexibility index (Phi) is 3.90. The predicted octanol–water partition coefficient (Wildman–Crippen LogP) is 2.84. The van der Waals surface area contributed by atoms with Gasteiger partial charge in [-0.2, -0.15) is 4.98 Å². The summed E-state index contributed by atoms with van der Waals surface area (Å²) >= 11 is 0. The molecule has 21 heavy (non-hydrogen) atoms. The fraction of sp³-hybridized carbons (Fsp3) is 0.375. The summed E-state index contributed by atoms with van der Waals surface area (Å²) in [6.07, 6.45) is 3.98. The Balaban J connectivity index is 1.87. The zero-order valence-electron chi connectivity index (χ0n) is 12.3. The van der Waals surface area contributed by atoms with Crippen LogP contribution in [0.4, 0.5) is 5.95 Å². The highest BCUT2D eigenvalue weighted by atomic mass is 16.5. The predicted molar refractivity (Wildman–Crippen MR) is 80.9 cm³/mol. The molecule has 1 aliphatic heterocycles. The van der Waals surface area contributed by atoms with E-state index in [0.29, 0.717) is 11.9 Å². The van der Waals surface area contributed by atoms with Crippen LogP contribution in [0.15, 0.2) is 36.5 Å². The Morgan fingerprint density at radius 3 is 2.62 bits per heavy atom. The topological polar surface area (TPSA) is 47.5 Å². The maximum atomic E-state index is 5.22. The minimum absolute atomic E-state index is 0.308. The van der Waals surface area contributed by atoms with Gasteiger partial charge in [0.15, 0.2) is 0 Å². The smallest absolute Gasteiger partial charge is 0.229 e. The van der Waals surface area contributed by atoms with Gasteiger partial charge in [0.25, 0.3) is 0 Å². The number of anilines is 1. The summed E-state index contributed by atoms with van der Waals surface area (Å²) in [4.78, 5) is 11.1. The molecule has 2 heterocycles. The van der Waals surface area contributed by atoms with E-state index in [2.05, 4.69) is 27.0 Å². The molecule has 110 valence electrons. The molecule has 0 saturated carbocycles. The van der Waals surface area contributed by atoms with Crippen LogP contribution in [0.3, 0.4) is 0 Å². The van der Waals surface area contributed by atoms with Crippen LogP contribution < -0.4 is 14.4 Å². The van der Waals surface area contributed by atoms with Crippen molar-refractivity contribution in [3.63, 3.8) is 0 Å². The van der Waals surface area contributed by atoms with E-state index in [9.17, 15) is 0 Å². The molecule has 0 aliphatic carbocycles. The third kappa shape index (κ3) is 2.77. The summed E-state index contributed by atoms with van der Waals surface area (Å²) in [5.41, 5.74) is 1.26. The van der Waals surface area contributed by atoms with E-state index in [1.807, 2.05) is 12.1 Å². The van der Waals surface area contributed by atoms with Gasteiger partial charge in [-0.05, 0) is 30.5 Å². The summed E-state index contributed by atoms with van der Waals surface area (Å²) in [7, 11) is 3.30. The van der Waals surface area contributed by atoms with Crippen LogP contribution in [0, 0.1) is 0 Å². The molecule has 1 aromatic heterocycles. The van der Waals surface area contributed by atoms with Gasteiger partial charge in [-0.25, -0.2) is 4.98 Å². The molecule has 0 amide bonds. The molecule has 0 unspecified atom stereocenters. The van der Waals surface area contributed by atoms with Crippen molar-refractivity contribution in [2.75, 3.05) is 25.7 Å². The van der Waals surface area contributed by atoms with Crippen molar-refractivity contribution in [2.45, 2.75) is 18.9 Å². The molecule has 0 N–H and O–H groups in total. The summed E-state index contributed by atoms with van der Waals surface area (Å²) in [6.45, 7) is 0.962. The van der Waals surface area contributed by atoms with E-state index >= 15 is 0 Å². The Hall–Kier alpha value is -2.30. The van der Waals surface area contributed by atoms with Gasteiger partial charge in [0.2, 0.25) is 11.8 Å². The molecular weight excluding hydrogens is 266 g/mol. The first-order valence-electron chi connectivity index (χ1n) is 7.09. The fourth-order valence-electron chi connectivity index (χ4n) is 2.76. The molecule has 1 aromatic carbocycles. The average molecular weight is 285 g/mol. The lowest BCUT2D eigenvalue weighted by Crippen LogP contribution is -2.24. The van der Waals surface area contributed by atoms with Crippen molar-refractivity contribution in [2.24, 2.45) is 0 Å². The second-order valence-corrected chi connectivity index (χ2v) is 5.02. The van der Waals surface area contributed by atoms with E-state index in [4.69, 9.17) is 9.47 Å². The maximum absolute atomic E-state index is 5.22. The van der Waals surface area contributed by atoms with Gasteiger partial charge in [0.1, 0.15) is 5.75 Å². The average Bonchev–Trinajstić information content (AvgIpc) is 3.04. The van der Waals surface area contributed by atoms with Gasteiger partial charge in [0.05, 0.1) is 20.3 Å². The van der Waals surface area contributed by atoms with E-state index in [1.165, 1.54) is 5.56 Å². The monoisotopic (exact) mass is 285 g/mol. The normalized spacial score (nSPS) is 17.8. The van der Waals surface area contributed by atoms with Gasteiger partial charge in [-0.15, -0.1) is 0 Å². The zero-order chi connectivity index (χ0) is 14.7. The number of nitrogens with zero attached hydrogens (tertiary/aromatic N) is 3. The summed E-state index contributed by atoms with van der Waals surface area (Å²) < 4.78 is 10.4. The van der Waals surface area contributed by atoms with Crippen LogP contribution in [0.2, 0.25) is 0 Å². The van der Waals surface area contributed by atoms with Crippen molar-refractivity contribution in [1.82, 2.24) is 9.97 Å². The third-order valence-corrected chi connectivity index (χ3v) is 3.84. The van der Waals surface area contributed by atoms with Crippen LogP contribution in [0.5, 0.6) is 11.6 Å². The molecule has 0 radical (unpaired) electrons. The zero-order valence-corrected chi connectivity index (χ0v) is 12.3. The number of rotatable bonds is 4. The van der Waals surface area contributed by atoms with Gasteiger partial charge >= 0.3 is 0 Å². The third-order valence-electron chi connectivity index (χ3n) is 3.84. The summed E-state index contributed by atoms with van der Waals surface area (Å²) in [5, 5.41) is 0. The molecule has 1 fully saturated rings. The van der Waals surface area contributed by atoms with Crippen LogP contribution >= 0.6 is 0 Å². The summed E-state index contributed by atoms with van der Waals surface area (Å²) in [6, 6.07) is 10.3. The van der Waals surface area contributed by atoms with E-state index < -0.39 is 0 Å². The first-order chi connectivity index (χ1) is 10.3. The van der Waals surface area contributed by atoms with E-state index in [-0.39, 0.29) is 0 Å². The van der Waals surface area contributed by atoms with Crippen LogP contribution in [0.25, 0.3) is 0 Å². The Morgan fingerprint density at radius 2 is 1.90 bits per heavy atom. The number of hydrogen-bond acceptors (Lipinski definition) is 5. The van der Waals surface area contributed by atoms with Crippen molar-refractivity contribution in [3.8, 4) is 11.6 Å². The SMILES string of the molecule is COc1ccc([C@@H]2CCCN2c2nccc(OC)n2)cc1. The number of aromatic nitrogens is 2. The van der Waals surface area contributed by atoms with E-state index in [1.54, 1.807) is 26.5 Å². The highest BCUT2D eigenvalue weighted by Crippen LogP contribution is 2.35. The molecule has 3 rings (SSSR count). The molecule has 2 aromatic rings. The van der Waals surface area contributed by atoms with Crippen molar-refractivity contribution in [3.05, 3.63) is 42.1 Å². The number of methoxy groups -OCH3 is 2. The lowest BCUT2D eigenvalue weighted by Gasteiger charge is -2.25. The molecule has 1 saturated heterocycles. The second kappa shape index (κ2) is 5.99. The lowest BCUT2D eigenvalue weighted by atomic mass is 10.0. The van der Waals surface area contributed by atoms with Crippen molar-refractivity contribution in [1.29, 1.82) is 0 Å². The molecule has 5 nitrogen and oxygen atoms in total. The molecular formula is C16H19N3O2. The largest absolute Gasteiger partial charge is 0.497 e. The molecule has 0 spiro atoms. The lowest BCUT2D eigenvalue weighted by molar-refractivity contribution is 0.396. The minimum atomic E-state index is 0.308. The van der Waals surface area contributed by atoms with Crippen molar-refractivity contribution < 1.29 is 9.47 Å². The van der Waals surface area contributed by atoms with Gasteiger partial charge in [0, 0.05) is 18.8 Å². The summed E-state index contributed by atoms with van der Waals surface area (Å²) in [5.74, 6) is 2.20. The van der Waals surface area contributed by atoms with Crippen LogP contribution in [-0.4, -0.2) is 30.7 Å². The molecule has 0 bridgehead atoms. The van der Waals surface area contributed by atoms with Gasteiger partial charge in [-0.3, -0.25) is 0 Å². The molecule has 1 atom stereocenters. The first-order valence-corrected chi connectivity index (χ1v) is 7.09. The van der Waals surface area contributed by atoms with Gasteiger partial charge < -0.3 is 14.4 Å². The quantitative estimate of drug-likeness (QED) is 0.864. The number of benzene rings is 1. The van der Waals surface area contributed by atoms with Gasteiger partial charge in [-0.1, -0.05) is 12.1 Å². The molecule has 1 aliphatic rings. The first kappa shape index (κ1) is 13.7. The minimum Gasteiger partial charge on any atom is -0.497 e.